The molecule has 2 aliphatic rings. The van der Waals surface area contributed by atoms with E-state index in [1.165, 1.54) is 6.07 Å². The van der Waals surface area contributed by atoms with Gasteiger partial charge in [0.05, 0.1) is 34.7 Å². The molecule has 8 heteroatoms. The zero-order chi connectivity index (χ0) is 24.7. The van der Waals surface area contributed by atoms with Gasteiger partial charge in [0.25, 0.3) is 0 Å². The predicted octanol–water partition coefficient (Wildman–Crippen LogP) is 6.06. The van der Waals surface area contributed by atoms with Crippen LogP contribution in [0.4, 0.5) is 16.4 Å². The van der Waals surface area contributed by atoms with Gasteiger partial charge in [-0.25, -0.2) is 0 Å². The van der Waals surface area contributed by atoms with Crippen molar-refractivity contribution in [3.05, 3.63) is 87.3 Å². The molecular weight excluding hydrogens is 462 g/mol. The van der Waals surface area contributed by atoms with Gasteiger partial charge in [0.15, 0.2) is 0 Å². The third kappa shape index (κ3) is 4.41. The second-order valence-electron chi connectivity index (χ2n) is 9.86. The van der Waals surface area contributed by atoms with Crippen molar-refractivity contribution in [2.45, 2.75) is 39.2 Å². The monoisotopic (exact) mass is 487 g/mol. The number of Topliss-reactive ketones (excluding diaryl/α,β-unsaturated/α-hetero) is 1. The summed E-state index contributed by atoms with van der Waals surface area (Å²) in [4.78, 5) is 45.9. The molecular formula is C27H25N3O4S. The summed E-state index contributed by atoms with van der Waals surface area (Å²) in [6.45, 7) is 4.09. The van der Waals surface area contributed by atoms with E-state index in [-0.39, 0.29) is 28.5 Å². The van der Waals surface area contributed by atoms with Gasteiger partial charge in [-0.05, 0) is 35.6 Å². The summed E-state index contributed by atoms with van der Waals surface area (Å²) < 4.78 is 0. The van der Waals surface area contributed by atoms with Crippen molar-refractivity contribution >= 4 is 45.1 Å². The highest BCUT2D eigenvalue weighted by Gasteiger charge is 2.48. The first kappa shape index (κ1) is 23.1. The van der Waals surface area contributed by atoms with Crippen molar-refractivity contribution in [2.75, 3.05) is 4.90 Å². The van der Waals surface area contributed by atoms with Crippen LogP contribution in [0.3, 0.4) is 0 Å². The van der Waals surface area contributed by atoms with E-state index in [1.807, 2.05) is 68.4 Å². The van der Waals surface area contributed by atoms with Crippen LogP contribution in [-0.2, 0) is 16.0 Å². The van der Waals surface area contributed by atoms with Crippen LogP contribution in [0, 0.1) is 21.4 Å². The quantitative estimate of drug-likeness (QED) is 0.330. The molecule has 1 amide bonds. The van der Waals surface area contributed by atoms with Gasteiger partial charge in [0.1, 0.15) is 5.78 Å². The molecule has 2 atom stereocenters. The summed E-state index contributed by atoms with van der Waals surface area (Å²) in [6.07, 6.45) is 1.11. The number of benzene rings is 2. The number of hydrogen-bond acceptors (Lipinski definition) is 6. The highest BCUT2D eigenvalue weighted by atomic mass is 32.1. The van der Waals surface area contributed by atoms with E-state index in [1.54, 1.807) is 11.0 Å². The van der Waals surface area contributed by atoms with Crippen LogP contribution in [0.25, 0.3) is 0 Å². The van der Waals surface area contributed by atoms with Gasteiger partial charge >= 0.3 is 5.00 Å². The minimum absolute atomic E-state index is 0.00590. The Morgan fingerprint density at radius 1 is 1.09 bits per heavy atom. The first-order valence-corrected chi connectivity index (χ1v) is 12.3. The fourth-order valence-electron chi connectivity index (χ4n) is 5.15. The molecule has 1 saturated carbocycles. The zero-order valence-corrected chi connectivity index (χ0v) is 20.3. The number of nitrogens with zero attached hydrogens (tertiary/aromatic N) is 3. The number of carbonyl (C=O) groups excluding carboxylic acids is 2. The Morgan fingerprint density at radius 2 is 1.80 bits per heavy atom. The molecule has 5 rings (SSSR count). The Hall–Kier alpha value is -3.65. The molecule has 3 aromatic rings. The summed E-state index contributed by atoms with van der Waals surface area (Å²) in [7, 11) is 0. The van der Waals surface area contributed by atoms with Crippen molar-refractivity contribution in [3.63, 3.8) is 0 Å². The largest absolute Gasteiger partial charge is 0.324 e. The molecule has 0 N–H and O–H groups in total. The van der Waals surface area contributed by atoms with Crippen LogP contribution < -0.4 is 4.90 Å². The molecule has 1 aromatic heterocycles. The first-order chi connectivity index (χ1) is 16.7. The molecule has 1 aliphatic carbocycles. The van der Waals surface area contributed by atoms with Crippen molar-refractivity contribution < 1.29 is 14.5 Å². The number of rotatable bonds is 4. The highest BCUT2D eigenvalue weighted by molar-refractivity contribution is 7.15. The number of thiophene rings is 1. The van der Waals surface area contributed by atoms with Crippen molar-refractivity contribution in [2.24, 2.45) is 16.3 Å². The summed E-state index contributed by atoms with van der Waals surface area (Å²) in [6, 6.07) is 19.3. The van der Waals surface area contributed by atoms with Crippen molar-refractivity contribution in [1.82, 2.24) is 0 Å². The second kappa shape index (κ2) is 8.85. The second-order valence-corrected chi connectivity index (χ2v) is 11.0. The molecule has 0 saturated heterocycles. The van der Waals surface area contributed by atoms with Gasteiger partial charge in [-0.15, -0.1) is 0 Å². The average molecular weight is 488 g/mol. The average Bonchev–Trinajstić information content (AvgIpc) is 3.24. The van der Waals surface area contributed by atoms with Crippen LogP contribution in [-0.4, -0.2) is 22.3 Å². The number of ketones is 1. The molecule has 2 heterocycles. The third-order valence-corrected chi connectivity index (χ3v) is 7.68. The lowest BCUT2D eigenvalue weighted by molar-refractivity contribution is -0.380. The number of fused-ring (bicyclic) bond motifs is 2. The fraction of sp³-hybridized carbons (Fsp3) is 0.296. The Bertz CT molecular complexity index is 1350. The van der Waals surface area contributed by atoms with E-state index >= 15 is 0 Å². The molecule has 1 fully saturated rings. The number of amides is 1. The molecule has 0 radical (unpaired) electrons. The number of para-hydroxylation sites is 2. The molecule has 0 spiro atoms. The molecule has 35 heavy (non-hydrogen) atoms. The summed E-state index contributed by atoms with van der Waals surface area (Å²) in [5.41, 5.74) is 2.58. The van der Waals surface area contributed by atoms with Gasteiger partial charge in [-0.2, -0.15) is 0 Å². The fourth-order valence-corrected chi connectivity index (χ4v) is 6.10. The first-order valence-electron chi connectivity index (χ1n) is 11.5. The van der Waals surface area contributed by atoms with Gasteiger partial charge in [-0.3, -0.25) is 24.7 Å². The van der Waals surface area contributed by atoms with E-state index in [0.29, 0.717) is 29.1 Å². The van der Waals surface area contributed by atoms with Crippen LogP contribution in [0.15, 0.2) is 71.7 Å². The van der Waals surface area contributed by atoms with Crippen molar-refractivity contribution in [3.8, 4) is 0 Å². The smallest absolute Gasteiger partial charge is 0.301 e. The minimum Gasteiger partial charge on any atom is -0.301 e. The van der Waals surface area contributed by atoms with E-state index in [2.05, 4.69) is 0 Å². The van der Waals surface area contributed by atoms with Crippen molar-refractivity contribution in [1.29, 1.82) is 0 Å². The maximum atomic E-state index is 14.0. The number of anilines is 1. The van der Waals surface area contributed by atoms with Gasteiger partial charge in [0, 0.05) is 23.1 Å². The normalized spacial score (nSPS) is 20.9. The summed E-state index contributed by atoms with van der Waals surface area (Å²) >= 11 is 1.02. The maximum absolute atomic E-state index is 14.0. The Kier molecular flexibility index (Phi) is 5.84. The van der Waals surface area contributed by atoms with E-state index in [4.69, 9.17) is 4.99 Å². The van der Waals surface area contributed by atoms with E-state index in [0.717, 1.165) is 22.6 Å². The van der Waals surface area contributed by atoms with Crippen LogP contribution >= 0.6 is 11.3 Å². The molecule has 2 aromatic carbocycles. The highest BCUT2D eigenvalue weighted by Crippen LogP contribution is 2.49. The third-order valence-electron chi connectivity index (χ3n) is 6.57. The minimum atomic E-state index is -0.698. The maximum Gasteiger partial charge on any atom is 0.324 e. The topological polar surface area (TPSA) is 92.9 Å². The zero-order valence-electron chi connectivity index (χ0n) is 19.5. The molecule has 1 aliphatic heterocycles. The number of hydrogen-bond donors (Lipinski definition) is 0. The lowest BCUT2D eigenvalue weighted by Gasteiger charge is -2.40. The van der Waals surface area contributed by atoms with Crippen LogP contribution in [0.1, 0.15) is 43.2 Å². The lowest BCUT2D eigenvalue weighted by atomic mass is 9.68. The Morgan fingerprint density at radius 3 is 2.51 bits per heavy atom. The van der Waals surface area contributed by atoms with Gasteiger partial charge in [0.2, 0.25) is 5.91 Å². The Labute approximate surface area is 207 Å². The summed E-state index contributed by atoms with van der Waals surface area (Å²) in [5, 5.41) is 11.5. The number of aliphatic imine (C=N–C) groups is 1. The standard InChI is InChI=1S/C27H25N3O4S/c1-27(2)15-19-25(21(31)16-27)26(22-12-13-24(35-22)30(33)34)29(20-11-7-6-10-18(20)28-19)23(32)14-17-8-4-3-5-9-17/h3-13,25-26H,14-16H2,1-2H3/t25?,26-/m1/s1. The molecule has 0 bridgehead atoms. The molecule has 7 nitrogen and oxygen atoms in total. The summed E-state index contributed by atoms with van der Waals surface area (Å²) in [5.74, 6) is -0.835. The number of nitro groups is 1. The van der Waals surface area contributed by atoms with Crippen LogP contribution in [0.5, 0.6) is 0 Å². The molecule has 178 valence electrons. The SMILES string of the molecule is CC1(C)CC(=O)C2C(=Nc3ccccc3N(C(=O)Cc3ccccc3)[C@@H]2c2ccc([N+](=O)[O-])s2)C1. The lowest BCUT2D eigenvalue weighted by Crippen LogP contribution is -2.47. The van der Waals surface area contributed by atoms with E-state index in [9.17, 15) is 19.7 Å². The predicted molar refractivity (Wildman–Crippen MR) is 136 cm³/mol. The van der Waals surface area contributed by atoms with E-state index < -0.39 is 16.9 Å². The Balaban J connectivity index is 1.70. The van der Waals surface area contributed by atoms with Gasteiger partial charge < -0.3 is 4.90 Å². The van der Waals surface area contributed by atoms with Crippen LogP contribution in [0.2, 0.25) is 0 Å². The van der Waals surface area contributed by atoms with Gasteiger partial charge in [-0.1, -0.05) is 67.6 Å². The number of carbonyl (C=O) groups is 2. The molecule has 1 unspecified atom stereocenters.